The van der Waals surface area contributed by atoms with Crippen molar-refractivity contribution in [2.75, 3.05) is 20.3 Å². The van der Waals surface area contributed by atoms with Crippen molar-refractivity contribution in [3.63, 3.8) is 0 Å². The van der Waals surface area contributed by atoms with Crippen LogP contribution in [-0.4, -0.2) is 37.1 Å². The van der Waals surface area contributed by atoms with Gasteiger partial charge in [0.25, 0.3) is 5.91 Å². The number of esters is 1. The smallest absolute Gasteiger partial charge is 0.305 e. The van der Waals surface area contributed by atoms with Crippen molar-refractivity contribution in [1.82, 2.24) is 10.3 Å². The zero-order chi connectivity index (χ0) is 15.1. The van der Waals surface area contributed by atoms with E-state index >= 15 is 0 Å². The highest BCUT2D eigenvalue weighted by Crippen LogP contribution is 2.29. The van der Waals surface area contributed by atoms with Crippen LogP contribution in [0.15, 0.2) is 18.3 Å². The molecule has 114 valence electrons. The summed E-state index contributed by atoms with van der Waals surface area (Å²) in [5.74, 6) is 0.647. The Morgan fingerprint density at radius 1 is 1.43 bits per heavy atom. The first-order valence-electron chi connectivity index (χ1n) is 7.13. The Bertz CT molecular complexity index is 500. The lowest BCUT2D eigenvalue weighted by molar-refractivity contribution is -0.140. The summed E-state index contributed by atoms with van der Waals surface area (Å²) >= 11 is 0. The number of nitrogens with one attached hydrogen (secondary N) is 1. The Hall–Kier alpha value is -2.11. The maximum atomic E-state index is 12.0. The number of aromatic nitrogens is 1. The summed E-state index contributed by atoms with van der Waals surface area (Å²) in [4.78, 5) is 27.0. The van der Waals surface area contributed by atoms with Crippen LogP contribution in [0, 0.1) is 5.92 Å². The molecule has 0 atom stereocenters. The molecule has 0 bridgehead atoms. The first-order valence-corrected chi connectivity index (χ1v) is 7.13. The zero-order valence-corrected chi connectivity index (χ0v) is 12.1. The van der Waals surface area contributed by atoms with Gasteiger partial charge in [0.1, 0.15) is 0 Å². The van der Waals surface area contributed by atoms with E-state index in [1.165, 1.54) is 20.0 Å². The average Bonchev–Trinajstić information content (AvgIpc) is 3.33. The number of hydrogen-bond acceptors (Lipinski definition) is 5. The fraction of sp³-hybridized carbons (Fsp3) is 0.533. The van der Waals surface area contributed by atoms with E-state index in [1.54, 1.807) is 18.3 Å². The van der Waals surface area contributed by atoms with Crippen molar-refractivity contribution in [3.05, 3.63) is 23.9 Å². The molecule has 1 aromatic heterocycles. The van der Waals surface area contributed by atoms with Gasteiger partial charge in [0.2, 0.25) is 5.88 Å². The molecule has 1 saturated carbocycles. The molecule has 0 saturated heterocycles. The number of nitrogens with zero attached hydrogens (tertiary/aromatic N) is 1. The Morgan fingerprint density at radius 3 is 2.95 bits per heavy atom. The molecule has 2 rings (SSSR count). The van der Waals surface area contributed by atoms with Crippen molar-refractivity contribution in [2.45, 2.75) is 25.7 Å². The van der Waals surface area contributed by atoms with E-state index in [2.05, 4.69) is 15.0 Å². The highest BCUT2D eigenvalue weighted by atomic mass is 16.5. The van der Waals surface area contributed by atoms with Crippen molar-refractivity contribution in [1.29, 1.82) is 0 Å². The highest BCUT2D eigenvalue weighted by molar-refractivity contribution is 5.94. The zero-order valence-electron chi connectivity index (χ0n) is 12.1. The Kier molecular flexibility index (Phi) is 5.54. The first kappa shape index (κ1) is 15.3. The maximum absolute atomic E-state index is 12.0. The Balaban J connectivity index is 1.75. The second-order valence-electron chi connectivity index (χ2n) is 5.07. The lowest BCUT2D eigenvalue weighted by atomic mass is 10.2. The van der Waals surface area contributed by atoms with Crippen LogP contribution in [0.3, 0.4) is 0 Å². The van der Waals surface area contributed by atoms with Crippen molar-refractivity contribution in [3.8, 4) is 5.88 Å². The predicted octanol–water partition coefficient (Wildman–Crippen LogP) is 1.55. The molecule has 1 aromatic rings. The molecule has 1 aliphatic rings. The first-order chi connectivity index (χ1) is 10.2. The third kappa shape index (κ3) is 5.41. The van der Waals surface area contributed by atoms with Gasteiger partial charge in [-0.2, -0.15) is 0 Å². The standard InChI is InChI=1S/C15H20N2O4/c1-20-14(18)3-2-7-17-15(19)12-6-8-16-13(9-12)21-10-11-4-5-11/h6,8-9,11H,2-5,7,10H2,1H3,(H,17,19). The summed E-state index contributed by atoms with van der Waals surface area (Å²) in [5.41, 5.74) is 0.508. The quantitative estimate of drug-likeness (QED) is 0.581. The van der Waals surface area contributed by atoms with Crippen molar-refractivity contribution in [2.24, 2.45) is 5.92 Å². The molecule has 6 heteroatoms. The van der Waals surface area contributed by atoms with E-state index in [0.717, 1.165) is 0 Å². The molecule has 0 aromatic carbocycles. The van der Waals surface area contributed by atoms with Crippen LogP contribution >= 0.6 is 0 Å². The van der Waals surface area contributed by atoms with Crippen LogP contribution in [0.25, 0.3) is 0 Å². The van der Waals surface area contributed by atoms with Gasteiger partial charge in [-0.3, -0.25) is 9.59 Å². The topological polar surface area (TPSA) is 77.5 Å². The minimum atomic E-state index is -0.274. The molecule has 1 amide bonds. The van der Waals surface area contributed by atoms with Gasteiger partial charge in [-0.25, -0.2) is 4.98 Å². The van der Waals surface area contributed by atoms with Gasteiger partial charge in [-0.15, -0.1) is 0 Å². The van der Waals surface area contributed by atoms with Gasteiger partial charge in [0.15, 0.2) is 0 Å². The number of hydrogen-bond donors (Lipinski definition) is 1. The summed E-state index contributed by atoms with van der Waals surface area (Å²) in [6.07, 6.45) is 4.82. The van der Waals surface area contributed by atoms with Gasteiger partial charge >= 0.3 is 5.97 Å². The summed E-state index contributed by atoms with van der Waals surface area (Å²) in [5, 5.41) is 2.75. The fourth-order valence-electron chi connectivity index (χ4n) is 1.76. The largest absolute Gasteiger partial charge is 0.477 e. The van der Waals surface area contributed by atoms with Crippen LogP contribution in [0.2, 0.25) is 0 Å². The van der Waals surface area contributed by atoms with Crippen LogP contribution in [0.5, 0.6) is 5.88 Å². The molecule has 1 N–H and O–H groups in total. The molecule has 1 fully saturated rings. The Morgan fingerprint density at radius 2 is 2.24 bits per heavy atom. The third-order valence-electron chi connectivity index (χ3n) is 3.23. The van der Waals surface area contributed by atoms with Gasteiger partial charge in [-0.05, 0) is 31.2 Å². The van der Waals surface area contributed by atoms with Crippen LogP contribution in [0.1, 0.15) is 36.0 Å². The van der Waals surface area contributed by atoms with E-state index in [-0.39, 0.29) is 11.9 Å². The van der Waals surface area contributed by atoms with Gasteiger partial charge in [0, 0.05) is 30.8 Å². The number of carbonyl (C=O) groups excluding carboxylic acids is 2. The van der Waals surface area contributed by atoms with Gasteiger partial charge in [0.05, 0.1) is 13.7 Å². The van der Waals surface area contributed by atoms with Crippen LogP contribution < -0.4 is 10.1 Å². The van der Waals surface area contributed by atoms with E-state index in [1.807, 2.05) is 0 Å². The monoisotopic (exact) mass is 292 g/mol. The number of carbonyl (C=O) groups is 2. The van der Waals surface area contributed by atoms with E-state index < -0.39 is 0 Å². The molecule has 0 unspecified atom stereocenters. The molecule has 1 heterocycles. The SMILES string of the molecule is COC(=O)CCCNC(=O)c1ccnc(OCC2CC2)c1. The van der Waals surface area contributed by atoms with Crippen molar-refractivity contribution < 1.29 is 19.1 Å². The molecule has 0 radical (unpaired) electrons. The number of ether oxygens (including phenoxy) is 2. The van der Waals surface area contributed by atoms with E-state index in [0.29, 0.717) is 43.4 Å². The fourth-order valence-corrected chi connectivity index (χ4v) is 1.76. The number of rotatable bonds is 8. The minimum absolute atomic E-state index is 0.196. The molecule has 21 heavy (non-hydrogen) atoms. The lowest BCUT2D eigenvalue weighted by Gasteiger charge is -2.07. The second-order valence-corrected chi connectivity index (χ2v) is 5.07. The molecule has 0 spiro atoms. The predicted molar refractivity (Wildman–Crippen MR) is 76.0 cm³/mol. The molecule has 6 nitrogen and oxygen atoms in total. The van der Waals surface area contributed by atoms with Crippen molar-refractivity contribution >= 4 is 11.9 Å². The van der Waals surface area contributed by atoms with Crippen LogP contribution in [0.4, 0.5) is 0 Å². The lowest BCUT2D eigenvalue weighted by Crippen LogP contribution is -2.25. The summed E-state index contributed by atoms with van der Waals surface area (Å²) < 4.78 is 10.1. The van der Waals surface area contributed by atoms with Gasteiger partial charge in [-0.1, -0.05) is 0 Å². The van der Waals surface area contributed by atoms with Gasteiger partial charge < -0.3 is 14.8 Å². The summed E-state index contributed by atoms with van der Waals surface area (Å²) in [6, 6.07) is 3.28. The molecule has 1 aliphatic carbocycles. The Labute approximate surface area is 123 Å². The molecular formula is C15H20N2O4. The summed E-state index contributed by atoms with van der Waals surface area (Å²) in [7, 11) is 1.35. The molecule has 0 aliphatic heterocycles. The normalized spacial score (nSPS) is 13.6. The van der Waals surface area contributed by atoms with E-state index in [9.17, 15) is 9.59 Å². The number of pyridine rings is 1. The average molecular weight is 292 g/mol. The maximum Gasteiger partial charge on any atom is 0.305 e. The number of amides is 1. The number of methoxy groups -OCH3 is 1. The second kappa shape index (κ2) is 7.61. The molecular weight excluding hydrogens is 272 g/mol. The highest BCUT2D eigenvalue weighted by Gasteiger charge is 2.22. The summed E-state index contributed by atoms with van der Waals surface area (Å²) in [6.45, 7) is 1.09. The van der Waals surface area contributed by atoms with E-state index in [4.69, 9.17) is 4.74 Å². The third-order valence-corrected chi connectivity index (χ3v) is 3.23. The van der Waals surface area contributed by atoms with Crippen LogP contribution in [-0.2, 0) is 9.53 Å². The minimum Gasteiger partial charge on any atom is -0.477 e.